The molecule has 1 aliphatic heterocycles. The van der Waals surface area contributed by atoms with E-state index in [-0.39, 0.29) is 31.1 Å². The van der Waals surface area contributed by atoms with Gasteiger partial charge >= 0.3 is 6.03 Å². The van der Waals surface area contributed by atoms with Crippen LogP contribution in [0, 0.1) is 17.3 Å². The molecule has 5 rings (SSSR count). The number of benzene rings is 2. The Hall–Kier alpha value is -7.25. The topological polar surface area (TPSA) is 270 Å². The second kappa shape index (κ2) is 24.7. The summed E-state index contributed by atoms with van der Waals surface area (Å²) in [5, 5.41) is 19.0. The maximum Gasteiger partial charge on any atom is 0.321 e. The monoisotopic (exact) mass is 951 g/mol. The Morgan fingerprint density at radius 2 is 1.46 bits per heavy atom. The smallest absolute Gasteiger partial charge is 0.321 e. The molecule has 1 saturated heterocycles. The van der Waals surface area contributed by atoms with E-state index in [0.717, 1.165) is 19.3 Å². The molecule has 69 heavy (non-hydrogen) atoms. The summed E-state index contributed by atoms with van der Waals surface area (Å²) >= 11 is 0. The minimum atomic E-state index is -1.35. The van der Waals surface area contributed by atoms with Crippen molar-refractivity contribution >= 4 is 58.9 Å². The van der Waals surface area contributed by atoms with E-state index >= 15 is 0 Å². The lowest BCUT2D eigenvalue weighted by Crippen LogP contribution is -2.61. The number of nitrogens with one attached hydrogen (secondary N) is 7. The van der Waals surface area contributed by atoms with Crippen molar-refractivity contribution in [3.05, 3.63) is 90.5 Å². The minimum absolute atomic E-state index is 0.0284. The van der Waals surface area contributed by atoms with Gasteiger partial charge in [-0.1, -0.05) is 102 Å². The summed E-state index contributed by atoms with van der Waals surface area (Å²) in [6, 6.07) is 10.9. The number of rotatable bonds is 19. The number of carbonyl (C=O) groups excluding carboxylic acids is 9. The number of urea groups is 1. The van der Waals surface area contributed by atoms with Gasteiger partial charge in [-0.25, -0.2) is 9.78 Å². The van der Waals surface area contributed by atoms with E-state index in [0.29, 0.717) is 30.5 Å². The van der Waals surface area contributed by atoms with Crippen LogP contribution in [0.5, 0.6) is 0 Å². The first-order chi connectivity index (χ1) is 32.9. The predicted octanol–water partition coefficient (Wildman–Crippen LogP) is 2.25. The van der Waals surface area contributed by atoms with E-state index < -0.39 is 101 Å². The van der Waals surface area contributed by atoms with Crippen LogP contribution in [0.25, 0.3) is 0 Å². The second-order valence-corrected chi connectivity index (χ2v) is 18.7. The van der Waals surface area contributed by atoms with E-state index in [4.69, 9.17) is 0 Å². The van der Waals surface area contributed by atoms with Crippen LogP contribution in [0.4, 0.5) is 10.5 Å². The molecule has 1 aromatic heterocycles. The van der Waals surface area contributed by atoms with Crippen molar-refractivity contribution in [3.8, 4) is 0 Å². The Labute approximate surface area is 402 Å². The SMILES string of the molecule is CCC[C@H](NC(=O)[C@@H]1CN(C(=O)Nc2ccccc2)C[C@@H]1NC(=O)C(NC(=O)[C@@H](NC(=O)c1cnccn1)C1CCCCC1)C(C)(C)C)C(=O)C(=O)NCC(=O)N[C@H](C(=O)N(C)C)c1ccccc1. The number of amides is 9. The zero-order valence-electron chi connectivity index (χ0n) is 40.1. The average Bonchev–Trinajstić information content (AvgIpc) is 3.77. The van der Waals surface area contributed by atoms with Gasteiger partial charge in [0.1, 0.15) is 23.8 Å². The highest BCUT2D eigenvalue weighted by Gasteiger charge is 2.45. The van der Waals surface area contributed by atoms with Gasteiger partial charge in [0.25, 0.3) is 11.8 Å². The molecule has 2 aliphatic rings. The number of nitrogens with zero attached hydrogens (tertiary/aromatic N) is 4. The van der Waals surface area contributed by atoms with Crippen molar-refractivity contribution in [1.29, 1.82) is 0 Å². The highest BCUT2D eigenvalue weighted by atomic mass is 16.2. The first-order valence-corrected chi connectivity index (χ1v) is 23.3. The third-order valence-electron chi connectivity index (χ3n) is 12.2. The van der Waals surface area contributed by atoms with Crippen LogP contribution in [0.3, 0.4) is 0 Å². The number of likely N-dealkylation sites (tertiary alicyclic amines) is 1. The number of para-hydroxylation sites is 1. The lowest BCUT2D eigenvalue weighted by Gasteiger charge is -2.35. The Morgan fingerprint density at radius 1 is 0.797 bits per heavy atom. The van der Waals surface area contributed by atoms with Gasteiger partial charge in [-0.05, 0) is 48.3 Å². The highest BCUT2D eigenvalue weighted by molar-refractivity contribution is 6.38. The third-order valence-corrected chi connectivity index (χ3v) is 12.2. The lowest BCUT2D eigenvalue weighted by atomic mass is 9.82. The minimum Gasteiger partial charge on any atom is -0.349 e. The first kappa shape index (κ1) is 52.7. The maximum atomic E-state index is 14.5. The summed E-state index contributed by atoms with van der Waals surface area (Å²) in [6.45, 7) is 6.02. The Balaban J connectivity index is 1.32. The fraction of sp³-hybridized carbons (Fsp3) is 0.490. The van der Waals surface area contributed by atoms with Crippen LogP contribution in [0.1, 0.15) is 94.7 Å². The molecule has 20 heteroatoms. The molecular formula is C49H65N11O9. The zero-order valence-corrected chi connectivity index (χ0v) is 40.1. The van der Waals surface area contributed by atoms with Gasteiger partial charge < -0.3 is 47.0 Å². The Morgan fingerprint density at radius 3 is 2.07 bits per heavy atom. The van der Waals surface area contributed by atoms with Crippen molar-refractivity contribution in [1.82, 2.24) is 51.7 Å². The number of hydrogen-bond donors (Lipinski definition) is 7. The molecule has 1 aliphatic carbocycles. The van der Waals surface area contributed by atoms with Gasteiger partial charge in [0, 0.05) is 45.3 Å². The zero-order chi connectivity index (χ0) is 50.3. The summed E-state index contributed by atoms with van der Waals surface area (Å²) in [5.41, 5.74) is 0.122. The van der Waals surface area contributed by atoms with Crippen LogP contribution < -0.4 is 37.2 Å². The molecule has 9 amide bonds. The molecule has 0 bridgehead atoms. The van der Waals surface area contributed by atoms with Crippen molar-refractivity contribution in [2.75, 3.05) is 39.0 Å². The van der Waals surface area contributed by atoms with Gasteiger partial charge in [0.15, 0.2) is 0 Å². The van der Waals surface area contributed by atoms with E-state index in [2.05, 4.69) is 47.2 Å². The first-order valence-electron chi connectivity index (χ1n) is 23.3. The van der Waals surface area contributed by atoms with Crippen LogP contribution in [-0.4, -0.2) is 131 Å². The quantitative estimate of drug-likeness (QED) is 0.0857. The molecule has 0 radical (unpaired) electrons. The standard InChI is InChI=1S/C49H65N11O9/c1-7-17-34(40(62)45(66)52-27-37(61)56-39(47(68)59(5)6)31-20-13-9-14-21-31)54-42(63)33-28-60(48(69)53-32-22-15-10-16-23-32)29-36(33)55-46(67)41(49(2,3)4)58-44(65)38(30-18-11-8-12-19-30)57-43(64)35-26-50-24-25-51-35/h9-10,13-16,20-26,30,33-34,36,38-39,41H,7-8,11-12,17-19,27-29H2,1-6H3,(H,52,66)(H,53,69)(H,54,63)(H,55,67)(H,56,61)(H,57,64)(H,58,65)/t33-,34+,36+,38+,39+,41?/m1/s1. The summed E-state index contributed by atoms with van der Waals surface area (Å²) < 4.78 is 0. The van der Waals surface area contributed by atoms with E-state index in [1.165, 1.54) is 42.5 Å². The number of carbonyl (C=O) groups is 9. The number of likely N-dealkylation sites (N-methyl/N-ethyl adjacent to an activating group) is 1. The molecule has 3 aromatic rings. The molecular weight excluding hydrogens is 887 g/mol. The molecule has 370 valence electrons. The molecule has 20 nitrogen and oxygen atoms in total. The summed E-state index contributed by atoms with van der Waals surface area (Å²) in [6.07, 6.45) is 8.56. The lowest BCUT2D eigenvalue weighted by molar-refractivity contribution is -0.141. The Kier molecular flexibility index (Phi) is 18.9. The second-order valence-electron chi connectivity index (χ2n) is 18.7. The average molecular weight is 952 g/mol. The van der Waals surface area contributed by atoms with Gasteiger partial charge in [-0.2, -0.15) is 0 Å². The molecule has 1 unspecified atom stereocenters. The number of hydrogen-bond acceptors (Lipinski definition) is 11. The van der Waals surface area contributed by atoms with Crippen molar-refractivity contribution in [3.63, 3.8) is 0 Å². The maximum absolute atomic E-state index is 14.5. The van der Waals surface area contributed by atoms with Crippen LogP contribution >= 0.6 is 0 Å². The van der Waals surface area contributed by atoms with Crippen LogP contribution in [-0.2, 0) is 33.6 Å². The predicted molar refractivity (Wildman–Crippen MR) is 255 cm³/mol. The largest absolute Gasteiger partial charge is 0.349 e. The fourth-order valence-electron chi connectivity index (χ4n) is 8.42. The number of anilines is 1. The Bertz CT molecular complexity index is 2290. The molecule has 7 N–H and O–H groups in total. The molecule has 1 saturated carbocycles. The normalized spacial score (nSPS) is 17.7. The van der Waals surface area contributed by atoms with Crippen LogP contribution in [0.2, 0.25) is 0 Å². The van der Waals surface area contributed by atoms with E-state index in [1.807, 2.05) is 0 Å². The van der Waals surface area contributed by atoms with Gasteiger partial charge in [0.2, 0.25) is 35.3 Å². The molecule has 2 fully saturated rings. The van der Waals surface area contributed by atoms with Gasteiger partial charge in [-0.3, -0.25) is 43.3 Å². The molecule has 2 aromatic carbocycles. The molecule has 0 spiro atoms. The molecule has 2 heterocycles. The van der Waals surface area contributed by atoms with Crippen LogP contribution in [0.15, 0.2) is 79.3 Å². The summed E-state index contributed by atoms with van der Waals surface area (Å²) in [4.78, 5) is 134. The number of aromatic nitrogens is 2. The third kappa shape index (κ3) is 14.9. The van der Waals surface area contributed by atoms with Gasteiger partial charge in [-0.15, -0.1) is 0 Å². The summed E-state index contributed by atoms with van der Waals surface area (Å²) in [7, 11) is 3.08. The number of Topliss-reactive ketones (excluding diaryl/α,β-unsaturated/α-hetero) is 1. The van der Waals surface area contributed by atoms with Crippen molar-refractivity contribution < 1.29 is 43.2 Å². The number of ketones is 1. The van der Waals surface area contributed by atoms with Crippen molar-refractivity contribution in [2.24, 2.45) is 17.3 Å². The van der Waals surface area contributed by atoms with Crippen molar-refractivity contribution in [2.45, 2.75) is 103 Å². The fourth-order valence-corrected chi connectivity index (χ4v) is 8.42. The summed E-state index contributed by atoms with van der Waals surface area (Å²) in [5.74, 6) is -7.26. The highest BCUT2D eigenvalue weighted by Crippen LogP contribution is 2.29. The molecule has 6 atom stereocenters. The van der Waals surface area contributed by atoms with E-state index in [9.17, 15) is 43.2 Å². The van der Waals surface area contributed by atoms with Gasteiger partial charge in [0.05, 0.1) is 30.7 Å². The van der Waals surface area contributed by atoms with E-state index in [1.54, 1.807) is 88.4 Å².